The van der Waals surface area contributed by atoms with Crippen LogP contribution in [0.3, 0.4) is 0 Å². The molecule has 0 saturated carbocycles. The van der Waals surface area contributed by atoms with Crippen LogP contribution in [-0.2, 0) is 0 Å². The average molecular weight is 191 g/mol. The fourth-order valence-corrected chi connectivity index (χ4v) is 2.19. The monoisotopic (exact) mass is 191 g/mol. The van der Waals surface area contributed by atoms with Crippen LogP contribution in [0.25, 0.3) is 10.1 Å². The van der Waals surface area contributed by atoms with Crippen LogP contribution in [0.2, 0.25) is 0 Å². The fraction of sp³-hybridized carbons (Fsp3) is 0.273. The predicted octanol–water partition coefficient (Wildman–Crippen LogP) is 3.18. The lowest BCUT2D eigenvalue weighted by molar-refractivity contribution is 0.653. The maximum absolute atomic E-state index is 3.24. The predicted molar refractivity (Wildman–Crippen MR) is 59.3 cm³/mol. The van der Waals surface area contributed by atoms with Crippen LogP contribution >= 0.6 is 11.3 Å². The Bertz CT molecular complexity index is 405. The lowest BCUT2D eigenvalue weighted by Crippen LogP contribution is -2.11. The Kier molecular flexibility index (Phi) is 2.34. The number of benzene rings is 1. The molecule has 0 aliphatic heterocycles. The molecule has 68 valence electrons. The summed E-state index contributed by atoms with van der Waals surface area (Å²) in [5.74, 6) is 0. The van der Waals surface area contributed by atoms with Gasteiger partial charge in [0, 0.05) is 10.7 Å². The van der Waals surface area contributed by atoms with E-state index in [0.717, 1.165) is 0 Å². The van der Waals surface area contributed by atoms with E-state index >= 15 is 0 Å². The van der Waals surface area contributed by atoms with E-state index in [1.807, 2.05) is 7.05 Å². The van der Waals surface area contributed by atoms with Crippen LogP contribution in [-0.4, -0.2) is 7.05 Å². The molecular weight excluding hydrogens is 178 g/mol. The molecule has 13 heavy (non-hydrogen) atoms. The molecule has 0 amide bonds. The van der Waals surface area contributed by atoms with Gasteiger partial charge in [-0.3, -0.25) is 0 Å². The first-order valence-electron chi connectivity index (χ1n) is 4.45. The Morgan fingerprint density at radius 3 is 2.92 bits per heavy atom. The molecular formula is C11H13NS. The standard InChI is InChI=1S/C11H13NS/c1-8(12-2)9-3-4-11-10(7-9)5-6-13-11/h3-8,12H,1-2H3. The first-order valence-corrected chi connectivity index (χ1v) is 5.33. The zero-order valence-corrected chi connectivity index (χ0v) is 8.69. The summed E-state index contributed by atoms with van der Waals surface area (Å²) in [4.78, 5) is 0. The molecule has 2 aromatic rings. The van der Waals surface area contributed by atoms with Crippen molar-refractivity contribution in [3.8, 4) is 0 Å². The summed E-state index contributed by atoms with van der Waals surface area (Å²) >= 11 is 1.79. The third-order valence-electron chi connectivity index (χ3n) is 2.41. The Morgan fingerprint density at radius 2 is 2.15 bits per heavy atom. The number of thiophene rings is 1. The number of hydrogen-bond donors (Lipinski definition) is 1. The van der Waals surface area contributed by atoms with Gasteiger partial charge in [-0.1, -0.05) is 6.07 Å². The van der Waals surface area contributed by atoms with Crippen LogP contribution in [0.5, 0.6) is 0 Å². The second-order valence-electron chi connectivity index (χ2n) is 3.23. The fourth-order valence-electron chi connectivity index (χ4n) is 1.42. The molecule has 0 fully saturated rings. The summed E-state index contributed by atoms with van der Waals surface area (Å²) in [6.45, 7) is 2.17. The minimum Gasteiger partial charge on any atom is -0.313 e. The molecule has 0 spiro atoms. The smallest absolute Gasteiger partial charge is 0.0342 e. The first kappa shape index (κ1) is 8.73. The first-order chi connectivity index (χ1) is 6.31. The van der Waals surface area contributed by atoms with Crippen molar-refractivity contribution in [2.75, 3.05) is 7.05 Å². The van der Waals surface area contributed by atoms with E-state index in [4.69, 9.17) is 0 Å². The molecule has 0 bridgehead atoms. The quantitative estimate of drug-likeness (QED) is 0.768. The van der Waals surface area contributed by atoms with Gasteiger partial charge in [0.05, 0.1) is 0 Å². The Hall–Kier alpha value is -0.860. The molecule has 1 nitrogen and oxygen atoms in total. The van der Waals surface area contributed by atoms with E-state index < -0.39 is 0 Å². The van der Waals surface area contributed by atoms with E-state index in [1.54, 1.807) is 11.3 Å². The summed E-state index contributed by atoms with van der Waals surface area (Å²) in [6.07, 6.45) is 0. The summed E-state index contributed by atoms with van der Waals surface area (Å²) in [5.41, 5.74) is 1.36. The van der Waals surface area contributed by atoms with Crippen molar-refractivity contribution >= 4 is 21.4 Å². The van der Waals surface area contributed by atoms with E-state index in [1.165, 1.54) is 15.6 Å². The highest BCUT2D eigenvalue weighted by Crippen LogP contribution is 2.24. The molecule has 1 heterocycles. The van der Waals surface area contributed by atoms with Crippen molar-refractivity contribution in [3.05, 3.63) is 35.2 Å². The number of rotatable bonds is 2. The molecule has 0 saturated heterocycles. The van der Waals surface area contributed by atoms with Gasteiger partial charge in [-0.2, -0.15) is 0 Å². The molecule has 1 aromatic heterocycles. The van der Waals surface area contributed by atoms with E-state index in [9.17, 15) is 0 Å². The minimum absolute atomic E-state index is 0.435. The Morgan fingerprint density at radius 1 is 1.31 bits per heavy atom. The van der Waals surface area contributed by atoms with Crippen molar-refractivity contribution in [1.82, 2.24) is 5.32 Å². The van der Waals surface area contributed by atoms with Gasteiger partial charge in [-0.25, -0.2) is 0 Å². The van der Waals surface area contributed by atoms with Gasteiger partial charge in [0.25, 0.3) is 0 Å². The molecule has 1 unspecified atom stereocenters. The third kappa shape index (κ3) is 1.60. The molecule has 0 radical (unpaired) electrons. The van der Waals surface area contributed by atoms with Gasteiger partial charge in [-0.15, -0.1) is 11.3 Å². The molecule has 0 aliphatic carbocycles. The van der Waals surface area contributed by atoms with E-state index in [0.29, 0.717) is 6.04 Å². The van der Waals surface area contributed by atoms with Crippen LogP contribution < -0.4 is 5.32 Å². The SMILES string of the molecule is CNC(C)c1ccc2sccc2c1. The Labute approximate surface area is 82.4 Å². The second kappa shape index (κ2) is 3.48. The van der Waals surface area contributed by atoms with Crippen molar-refractivity contribution in [2.24, 2.45) is 0 Å². The van der Waals surface area contributed by atoms with Gasteiger partial charge in [-0.05, 0) is 48.5 Å². The van der Waals surface area contributed by atoms with Gasteiger partial charge in [0.1, 0.15) is 0 Å². The van der Waals surface area contributed by atoms with Crippen molar-refractivity contribution in [1.29, 1.82) is 0 Å². The van der Waals surface area contributed by atoms with Crippen LogP contribution in [0.15, 0.2) is 29.6 Å². The maximum atomic E-state index is 3.24. The largest absolute Gasteiger partial charge is 0.313 e. The van der Waals surface area contributed by atoms with Crippen molar-refractivity contribution in [3.63, 3.8) is 0 Å². The molecule has 2 heteroatoms. The number of hydrogen-bond acceptors (Lipinski definition) is 2. The molecule has 2 rings (SSSR count). The van der Waals surface area contributed by atoms with Gasteiger partial charge in [0.2, 0.25) is 0 Å². The summed E-state index contributed by atoms with van der Waals surface area (Å²) in [5, 5.41) is 6.73. The van der Waals surface area contributed by atoms with Crippen LogP contribution in [0.1, 0.15) is 18.5 Å². The third-order valence-corrected chi connectivity index (χ3v) is 3.31. The zero-order valence-electron chi connectivity index (χ0n) is 7.87. The van der Waals surface area contributed by atoms with E-state index in [2.05, 4.69) is 41.9 Å². The highest BCUT2D eigenvalue weighted by atomic mass is 32.1. The topological polar surface area (TPSA) is 12.0 Å². The Balaban J connectivity index is 2.48. The maximum Gasteiger partial charge on any atom is 0.0342 e. The molecule has 1 atom stereocenters. The number of fused-ring (bicyclic) bond motifs is 1. The summed E-state index contributed by atoms with van der Waals surface area (Å²) < 4.78 is 1.37. The summed E-state index contributed by atoms with van der Waals surface area (Å²) in [7, 11) is 1.99. The van der Waals surface area contributed by atoms with Gasteiger partial charge < -0.3 is 5.32 Å². The van der Waals surface area contributed by atoms with Crippen LogP contribution in [0.4, 0.5) is 0 Å². The van der Waals surface area contributed by atoms with Crippen molar-refractivity contribution < 1.29 is 0 Å². The lowest BCUT2D eigenvalue weighted by Gasteiger charge is -2.09. The molecule has 1 aromatic carbocycles. The van der Waals surface area contributed by atoms with E-state index in [-0.39, 0.29) is 0 Å². The summed E-state index contributed by atoms with van der Waals surface area (Å²) in [6, 6.07) is 9.26. The molecule has 1 N–H and O–H groups in total. The van der Waals surface area contributed by atoms with Crippen molar-refractivity contribution in [2.45, 2.75) is 13.0 Å². The highest BCUT2D eigenvalue weighted by molar-refractivity contribution is 7.17. The van der Waals surface area contributed by atoms with Crippen LogP contribution in [0, 0.1) is 0 Å². The normalized spacial score (nSPS) is 13.4. The molecule has 0 aliphatic rings. The second-order valence-corrected chi connectivity index (χ2v) is 4.18. The minimum atomic E-state index is 0.435. The zero-order chi connectivity index (χ0) is 9.26. The highest BCUT2D eigenvalue weighted by Gasteiger charge is 2.03. The average Bonchev–Trinajstić information content (AvgIpc) is 2.63. The number of nitrogens with one attached hydrogen (secondary N) is 1. The van der Waals surface area contributed by atoms with Gasteiger partial charge >= 0.3 is 0 Å². The lowest BCUT2D eigenvalue weighted by atomic mass is 10.1. The van der Waals surface area contributed by atoms with Gasteiger partial charge in [0.15, 0.2) is 0 Å².